The maximum Gasteiger partial charge on any atom is -1.00 e. The maximum atomic E-state index is 2.49. The molecule has 0 aliphatic heterocycles. The second-order valence-corrected chi connectivity index (χ2v) is 23.3. The molecule has 0 atom stereocenters. The van der Waals surface area contributed by atoms with Gasteiger partial charge in [-0.3, -0.25) is 0 Å². The first-order valence-corrected chi connectivity index (χ1v) is 15.7. The molecule has 0 fully saturated rings. The molecular weight excluding hydrogens is 447 g/mol. The van der Waals surface area contributed by atoms with E-state index in [1.807, 2.05) is 0 Å². The Kier molecular flexibility index (Phi) is 10.4. The average Bonchev–Trinajstić information content (AvgIpc) is 2.98. The molecule has 0 radical (unpaired) electrons. The predicted molar refractivity (Wildman–Crippen MR) is 72.2 cm³/mol. The smallest absolute Gasteiger partial charge is 1.00 e. The molecule has 2 aliphatic carbocycles. The maximum absolute atomic E-state index is 2.49. The van der Waals surface area contributed by atoms with Crippen LogP contribution in [0.15, 0.2) is 48.6 Å². The van der Waals surface area contributed by atoms with Crippen molar-refractivity contribution in [1.29, 1.82) is 0 Å². The van der Waals surface area contributed by atoms with E-state index in [1.54, 1.807) is 0 Å². The summed E-state index contributed by atoms with van der Waals surface area (Å²) in [7, 11) is 0. The van der Waals surface area contributed by atoms with Gasteiger partial charge in [0.1, 0.15) is 0 Å². The van der Waals surface area contributed by atoms with E-state index in [-0.39, 0.29) is 34.0 Å². The monoisotopic (exact) mass is 465 g/mol. The van der Waals surface area contributed by atoms with E-state index in [4.69, 9.17) is 0 Å². The molecule has 0 aromatic carbocycles. The fourth-order valence-corrected chi connectivity index (χ4v) is 27.4. The van der Waals surface area contributed by atoms with Gasteiger partial charge in [0.25, 0.3) is 0 Å². The van der Waals surface area contributed by atoms with Crippen molar-refractivity contribution in [2.75, 3.05) is 0 Å². The van der Waals surface area contributed by atoms with Crippen LogP contribution in [0, 0.1) is 0 Å². The number of hydrogen-bond acceptors (Lipinski definition) is 0. The minimum absolute atomic E-state index is 0. The number of allylic oxidation sites excluding steroid dienone is 8. The zero-order chi connectivity index (χ0) is 11.4. The van der Waals surface area contributed by atoms with E-state index in [1.165, 1.54) is 12.1 Å². The van der Waals surface area contributed by atoms with Crippen LogP contribution in [0.5, 0.6) is 0 Å². The standard InChI is InChI=1S/2C5H5.C4H11Si.2BrH.Zr/c2*1-2-4-5-3-1;1-3-5-4-2;;;/h2*1-5H;5H,3-4H2,1-2H3;2*1H;/q;;;;;+2/p-2. The minimum atomic E-state index is -1.31. The van der Waals surface area contributed by atoms with E-state index in [0.717, 1.165) is 7.25 Å². The van der Waals surface area contributed by atoms with Gasteiger partial charge in [-0.15, -0.1) is 0 Å². The molecule has 0 saturated heterocycles. The van der Waals surface area contributed by atoms with E-state index in [2.05, 4.69) is 62.5 Å². The predicted octanol–water partition coefficient (Wildman–Crippen LogP) is -1.79. The quantitative estimate of drug-likeness (QED) is 0.418. The van der Waals surface area contributed by atoms with Crippen LogP contribution in [0.4, 0.5) is 0 Å². The summed E-state index contributed by atoms with van der Waals surface area (Å²) in [6, 6.07) is 3.03. The Morgan fingerprint density at radius 2 is 1.11 bits per heavy atom. The average molecular weight is 468 g/mol. The van der Waals surface area contributed by atoms with Crippen molar-refractivity contribution in [1.82, 2.24) is 0 Å². The molecule has 0 saturated carbocycles. The first-order valence-electron chi connectivity index (χ1n) is 6.43. The molecule has 0 aromatic rings. The molecule has 18 heavy (non-hydrogen) atoms. The molecule has 0 bridgehead atoms. The van der Waals surface area contributed by atoms with Gasteiger partial charge in [-0.25, -0.2) is 0 Å². The summed E-state index contributed by atoms with van der Waals surface area (Å²) in [5.41, 5.74) is 0. The normalized spacial score (nSPS) is 17.3. The number of halogens is 2. The second kappa shape index (κ2) is 9.85. The van der Waals surface area contributed by atoms with Gasteiger partial charge >= 0.3 is 109 Å². The Balaban J connectivity index is 0.00000144. The molecule has 0 nitrogen and oxygen atoms in total. The summed E-state index contributed by atoms with van der Waals surface area (Å²) < 4.78 is 1.80. The van der Waals surface area contributed by atoms with Crippen molar-refractivity contribution in [3.05, 3.63) is 48.6 Å². The van der Waals surface area contributed by atoms with Gasteiger partial charge in [0.15, 0.2) is 0 Å². The Hall–Kier alpha value is 1.02. The molecule has 0 N–H and O–H groups in total. The molecule has 0 amide bonds. The van der Waals surface area contributed by atoms with Crippen LogP contribution >= 0.6 is 0 Å². The third-order valence-corrected chi connectivity index (χ3v) is 29.8. The van der Waals surface area contributed by atoms with Crippen LogP contribution in [0.25, 0.3) is 0 Å². The Labute approximate surface area is 141 Å². The third-order valence-electron chi connectivity index (χ3n) is 3.72. The molecule has 0 heterocycles. The number of rotatable bonds is 5. The van der Waals surface area contributed by atoms with Gasteiger partial charge in [0.05, 0.1) is 0 Å². The number of hydrogen-bond donors (Lipinski definition) is 0. The van der Waals surface area contributed by atoms with Crippen LogP contribution in [-0.2, 0) is 20.9 Å². The van der Waals surface area contributed by atoms with Crippen molar-refractivity contribution in [3.8, 4) is 0 Å². The minimum Gasteiger partial charge on any atom is -1.00 e. The van der Waals surface area contributed by atoms with Crippen molar-refractivity contribution in [2.24, 2.45) is 0 Å². The molecule has 0 unspecified atom stereocenters. The fourth-order valence-electron chi connectivity index (χ4n) is 2.83. The fraction of sp³-hybridized carbons (Fsp3) is 0.429. The van der Waals surface area contributed by atoms with Crippen molar-refractivity contribution in [3.63, 3.8) is 0 Å². The first-order chi connectivity index (χ1) is 7.86. The van der Waals surface area contributed by atoms with Crippen molar-refractivity contribution >= 4 is 5.92 Å². The molecule has 99 valence electrons. The van der Waals surface area contributed by atoms with Crippen LogP contribution in [-0.4, -0.2) is 5.92 Å². The van der Waals surface area contributed by atoms with Crippen LogP contribution in [0.2, 0.25) is 19.3 Å². The van der Waals surface area contributed by atoms with Gasteiger partial charge < -0.3 is 34.0 Å². The molecule has 4 heteroatoms. The zero-order valence-electron chi connectivity index (χ0n) is 11.0. The largest absolute Gasteiger partial charge is 1.00 e. The van der Waals surface area contributed by atoms with Crippen molar-refractivity contribution in [2.45, 2.75) is 33.2 Å². The van der Waals surface area contributed by atoms with Gasteiger partial charge in [-0.05, 0) is 0 Å². The summed E-state index contributed by atoms with van der Waals surface area (Å²) in [5, 5.41) is 0. The summed E-state index contributed by atoms with van der Waals surface area (Å²) in [6.07, 6.45) is 19.0. The third kappa shape index (κ3) is 4.54. The van der Waals surface area contributed by atoms with Gasteiger partial charge in [0.2, 0.25) is 0 Å². The molecular formula is C14H21Br2SiZr. The van der Waals surface area contributed by atoms with E-state index in [0.29, 0.717) is 0 Å². The summed E-state index contributed by atoms with van der Waals surface area (Å²) in [5.74, 6) is -0.422. The van der Waals surface area contributed by atoms with Gasteiger partial charge in [-0.1, -0.05) is 0 Å². The Morgan fingerprint density at radius 1 is 0.778 bits per heavy atom. The summed E-state index contributed by atoms with van der Waals surface area (Å²) in [6.45, 7) is 4.87. The Morgan fingerprint density at radius 3 is 1.39 bits per heavy atom. The van der Waals surface area contributed by atoms with E-state index >= 15 is 0 Å². The SMILES string of the molecule is CC[SiH](CC)[Zr+2]([CH]1C=CC=C1)[CH]1C=CC=C1.[Br-].[Br-]. The second-order valence-electron chi connectivity index (χ2n) is 4.60. The Bertz CT molecular complexity index is 294. The molecule has 2 rings (SSSR count). The van der Waals surface area contributed by atoms with E-state index < -0.39 is 26.8 Å². The van der Waals surface area contributed by atoms with Gasteiger partial charge in [0, 0.05) is 0 Å². The van der Waals surface area contributed by atoms with Crippen LogP contribution in [0.1, 0.15) is 13.8 Å². The van der Waals surface area contributed by atoms with Crippen LogP contribution in [0.3, 0.4) is 0 Å². The molecule has 0 spiro atoms. The zero-order valence-corrected chi connectivity index (χ0v) is 17.8. The topological polar surface area (TPSA) is 0 Å². The summed E-state index contributed by atoms with van der Waals surface area (Å²) in [4.78, 5) is 0. The molecule has 2 aliphatic rings. The van der Waals surface area contributed by atoms with Gasteiger partial charge in [-0.2, -0.15) is 0 Å². The van der Waals surface area contributed by atoms with Crippen LogP contribution < -0.4 is 34.0 Å². The van der Waals surface area contributed by atoms with Crippen molar-refractivity contribution < 1.29 is 54.9 Å². The molecule has 0 aromatic heterocycles. The summed E-state index contributed by atoms with van der Waals surface area (Å²) >= 11 is -1.31. The van der Waals surface area contributed by atoms with E-state index in [9.17, 15) is 0 Å². The first kappa shape index (κ1) is 19.0.